The Hall–Kier alpha value is -2.98. The molecule has 2 aromatic carbocycles. The molecule has 3 N–H and O–H groups in total. The van der Waals surface area contributed by atoms with Crippen LogP contribution in [0.1, 0.15) is 5.56 Å². The van der Waals surface area contributed by atoms with E-state index in [1.165, 1.54) is 24.5 Å². The molecular weight excluding hydrogens is 473 g/mol. The molecular formula is C20H17BrFN5O2S. The van der Waals surface area contributed by atoms with Crippen LogP contribution in [0, 0.1) is 12.7 Å². The molecule has 0 amide bonds. The number of benzene rings is 2. The van der Waals surface area contributed by atoms with Crippen LogP contribution in [0.5, 0.6) is 0 Å². The highest BCUT2D eigenvalue weighted by Gasteiger charge is 2.21. The SMILES string of the molecule is Cc1cc(S(=O)(=O)Nc2cccc(-c3cn(C)c4ncnc(N)c34)c2F)ccc1Br. The van der Waals surface area contributed by atoms with Gasteiger partial charge in [0.15, 0.2) is 5.82 Å². The normalized spacial score (nSPS) is 11.7. The van der Waals surface area contributed by atoms with Gasteiger partial charge >= 0.3 is 0 Å². The van der Waals surface area contributed by atoms with E-state index in [2.05, 4.69) is 30.6 Å². The van der Waals surface area contributed by atoms with Crippen LogP contribution in [0.3, 0.4) is 0 Å². The average molecular weight is 490 g/mol. The lowest BCUT2D eigenvalue weighted by Crippen LogP contribution is -2.14. The first-order chi connectivity index (χ1) is 14.2. The molecule has 0 saturated carbocycles. The monoisotopic (exact) mass is 489 g/mol. The molecule has 0 aliphatic rings. The summed E-state index contributed by atoms with van der Waals surface area (Å²) in [6.07, 6.45) is 3.02. The Morgan fingerprint density at radius 2 is 1.93 bits per heavy atom. The molecule has 0 spiro atoms. The predicted molar refractivity (Wildman–Crippen MR) is 118 cm³/mol. The summed E-state index contributed by atoms with van der Waals surface area (Å²) in [5.41, 5.74) is 7.79. The Morgan fingerprint density at radius 3 is 2.67 bits per heavy atom. The maximum absolute atomic E-state index is 15.4. The number of anilines is 2. The first-order valence-corrected chi connectivity index (χ1v) is 11.1. The third-order valence-electron chi connectivity index (χ3n) is 4.76. The number of fused-ring (bicyclic) bond motifs is 1. The van der Waals surface area contributed by atoms with Crippen molar-refractivity contribution in [2.45, 2.75) is 11.8 Å². The number of nitrogens with two attached hydrogens (primary N) is 1. The van der Waals surface area contributed by atoms with Crippen molar-refractivity contribution in [3.63, 3.8) is 0 Å². The lowest BCUT2D eigenvalue weighted by Gasteiger charge is -2.12. The third kappa shape index (κ3) is 3.41. The van der Waals surface area contributed by atoms with Crippen molar-refractivity contribution in [2.24, 2.45) is 7.05 Å². The van der Waals surface area contributed by atoms with Gasteiger partial charge in [-0.3, -0.25) is 4.72 Å². The summed E-state index contributed by atoms with van der Waals surface area (Å²) in [5, 5.41) is 0.502. The second-order valence-corrected chi connectivity index (χ2v) is 9.33. The molecule has 4 aromatic rings. The van der Waals surface area contributed by atoms with E-state index >= 15 is 4.39 Å². The van der Waals surface area contributed by atoms with Gasteiger partial charge in [-0.25, -0.2) is 22.8 Å². The summed E-state index contributed by atoms with van der Waals surface area (Å²) in [6.45, 7) is 1.78. The van der Waals surface area contributed by atoms with Crippen molar-refractivity contribution in [3.05, 3.63) is 64.8 Å². The van der Waals surface area contributed by atoms with Crippen molar-refractivity contribution in [3.8, 4) is 11.1 Å². The predicted octanol–water partition coefficient (Wildman–Crippen LogP) is 4.23. The molecule has 0 unspecified atom stereocenters. The summed E-state index contributed by atoms with van der Waals surface area (Å²) in [4.78, 5) is 8.21. The van der Waals surface area contributed by atoms with E-state index < -0.39 is 15.8 Å². The standard InChI is InChI=1S/C20H17BrFN5O2S/c1-11-8-12(6-7-15(11)21)30(28,29)26-16-5-3-4-13(18(16)22)14-9-27(2)20-17(14)19(23)24-10-25-20/h3-10,26H,1-2H3,(H2,23,24,25). The van der Waals surface area contributed by atoms with E-state index in [0.717, 1.165) is 10.0 Å². The van der Waals surface area contributed by atoms with Crippen LogP contribution in [-0.2, 0) is 17.1 Å². The smallest absolute Gasteiger partial charge is 0.261 e. The fourth-order valence-corrected chi connectivity index (χ4v) is 4.64. The zero-order valence-electron chi connectivity index (χ0n) is 16.0. The van der Waals surface area contributed by atoms with Crippen LogP contribution < -0.4 is 10.5 Å². The van der Waals surface area contributed by atoms with Crippen LogP contribution >= 0.6 is 15.9 Å². The minimum atomic E-state index is -3.98. The summed E-state index contributed by atoms with van der Waals surface area (Å²) >= 11 is 3.34. The van der Waals surface area contributed by atoms with Crippen molar-refractivity contribution in [1.82, 2.24) is 14.5 Å². The molecule has 0 aliphatic carbocycles. The zero-order valence-corrected chi connectivity index (χ0v) is 18.4. The topological polar surface area (TPSA) is 103 Å². The van der Waals surface area contributed by atoms with E-state index in [0.29, 0.717) is 16.6 Å². The lowest BCUT2D eigenvalue weighted by molar-refractivity contribution is 0.598. The van der Waals surface area contributed by atoms with Crippen molar-refractivity contribution in [1.29, 1.82) is 0 Å². The molecule has 4 rings (SSSR count). The number of hydrogen-bond donors (Lipinski definition) is 2. The van der Waals surface area contributed by atoms with Crippen LogP contribution in [0.2, 0.25) is 0 Å². The maximum atomic E-state index is 15.4. The Morgan fingerprint density at radius 1 is 1.17 bits per heavy atom. The van der Waals surface area contributed by atoms with Crippen molar-refractivity contribution >= 4 is 48.5 Å². The maximum Gasteiger partial charge on any atom is 0.261 e. The van der Waals surface area contributed by atoms with Crippen LogP contribution in [0.25, 0.3) is 22.2 Å². The Labute approximate surface area is 180 Å². The van der Waals surface area contributed by atoms with E-state index in [1.54, 1.807) is 42.9 Å². The third-order valence-corrected chi connectivity index (χ3v) is 7.01. The van der Waals surface area contributed by atoms with Gasteiger partial charge in [-0.15, -0.1) is 0 Å². The average Bonchev–Trinajstić information content (AvgIpc) is 3.03. The summed E-state index contributed by atoms with van der Waals surface area (Å²) in [7, 11) is -2.22. The van der Waals surface area contributed by atoms with Gasteiger partial charge in [0.2, 0.25) is 0 Å². The second kappa shape index (κ2) is 7.37. The van der Waals surface area contributed by atoms with E-state index in [9.17, 15) is 8.42 Å². The number of nitrogen functional groups attached to an aromatic ring is 1. The molecule has 0 fully saturated rings. The van der Waals surface area contributed by atoms with Gasteiger partial charge in [0.25, 0.3) is 10.0 Å². The van der Waals surface area contributed by atoms with Gasteiger partial charge in [0, 0.05) is 28.8 Å². The number of aryl methyl sites for hydroxylation is 2. The minimum Gasteiger partial charge on any atom is -0.383 e. The number of sulfonamides is 1. The number of nitrogens with one attached hydrogen (secondary N) is 1. The first kappa shape index (κ1) is 20.3. The highest BCUT2D eigenvalue weighted by molar-refractivity contribution is 9.10. The van der Waals surface area contributed by atoms with Gasteiger partial charge in [-0.2, -0.15) is 0 Å². The number of nitrogens with zero attached hydrogens (tertiary/aromatic N) is 3. The minimum absolute atomic E-state index is 0.0378. The van der Waals surface area contributed by atoms with Crippen LogP contribution in [0.4, 0.5) is 15.9 Å². The number of halogens is 2. The van der Waals surface area contributed by atoms with Crippen molar-refractivity contribution in [2.75, 3.05) is 10.5 Å². The molecule has 0 radical (unpaired) electrons. The molecule has 30 heavy (non-hydrogen) atoms. The van der Waals surface area contributed by atoms with Gasteiger partial charge in [0.1, 0.15) is 17.8 Å². The summed E-state index contributed by atoms with van der Waals surface area (Å²) in [5.74, 6) is -0.503. The largest absolute Gasteiger partial charge is 0.383 e. The number of aromatic nitrogens is 3. The molecule has 7 nitrogen and oxygen atoms in total. The molecule has 0 bridgehead atoms. The van der Waals surface area contributed by atoms with Gasteiger partial charge in [-0.05, 0) is 36.8 Å². The fourth-order valence-electron chi connectivity index (χ4n) is 3.25. The molecule has 2 aromatic heterocycles. The second-order valence-electron chi connectivity index (χ2n) is 6.79. The number of rotatable bonds is 4. The van der Waals surface area contributed by atoms with E-state index in [1.807, 2.05) is 0 Å². The Bertz CT molecular complexity index is 1400. The fraction of sp³-hybridized carbons (Fsp3) is 0.100. The highest BCUT2D eigenvalue weighted by Crippen LogP contribution is 2.36. The lowest BCUT2D eigenvalue weighted by atomic mass is 10.0. The van der Waals surface area contributed by atoms with E-state index in [-0.39, 0.29) is 22.0 Å². The highest BCUT2D eigenvalue weighted by atomic mass is 79.9. The summed E-state index contributed by atoms with van der Waals surface area (Å²) in [6, 6.07) is 9.09. The molecule has 0 saturated heterocycles. The Balaban J connectivity index is 1.81. The molecule has 154 valence electrons. The van der Waals surface area contributed by atoms with E-state index in [4.69, 9.17) is 5.73 Å². The zero-order chi connectivity index (χ0) is 21.6. The molecule has 0 aliphatic heterocycles. The van der Waals surface area contributed by atoms with Gasteiger partial charge in [-0.1, -0.05) is 28.1 Å². The molecule has 2 heterocycles. The summed E-state index contributed by atoms with van der Waals surface area (Å²) < 4.78 is 45.8. The number of hydrogen-bond acceptors (Lipinski definition) is 5. The Kier molecular flexibility index (Phi) is 4.99. The van der Waals surface area contributed by atoms with Crippen LogP contribution in [0.15, 0.2) is 58.3 Å². The van der Waals surface area contributed by atoms with Gasteiger partial charge in [0.05, 0.1) is 16.0 Å². The molecule has 10 heteroatoms. The van der Waals surface area contributed by atoms with Crippen LogP contribution in [-0.4, -0.2) is 23.0 Å². The quantitative estimate of drug-likeness (QED) is 0.446. The van der Waals surface area contributed by atoms with Gasteiger partial charge < -0.3 is 10.3 Å². The first-order valence-electron chi connectivity index (χ1n) is 8.82. The molecule has 0 atom stereocenters. The van der Waals surface area contributed by atoms with Crippen molar-refractivity contribution < 1.29 is 12.8 Å².